The Labute approximate surface area is 241 Å². The summed E-state index contributed by atoms with van der Waals surface area (Å²) in [6, 6.07) is 18.6. The normalized spacial score (nSPS) is 12.0. The summed E-state index contributed by atoms with van der Waals surface area (Å²) in [5, 5.41) is 3.44. The molecule has 0 saturated heterocycles. The third-order valence-electron chi connectivity index (χ3n) is 5.80. The van der Waals surface area contributed by atoms with E-state index in [1.165, 1.54) is 17.0 Å². The van der Waals surface area contributed by atoms with Crippen molar-refractivity contribution in [1.82, 2.24) is 10.2 Å². The lowest BCUT2D eigenvalue weighted by molar-refractivity contribution is -0.140. The number of carbonyl (C=O) groups is 2. The van der Waals surface area contributed by atoms with E-state index in [0.29, 0.717) is 34.3 Å². The molecule has 3 rings (SSSR count). The summed E-state index contributed by atoms with van der Waals surface area (Å²) >= 11 is 15.6. The van der Waals surface area contributed by atoms with E-state index < -0.39 is 28.5 Å². The standard InChI is InChI=1S/C27H28BrCl2N3O4S/c1-3-25(27(35)31-4-2)32(17-19-10-15-23(29)24(30)16-19)26(34)18-33(21-13-11-20(28)12-14-21)38(36,37)22-8-6-5-7-9-22/h5-16,25H,3-4,17-18H2,1-2H3,(H,31,35)/t25-/m1/s1. The maximum absolute atomic E-state index is 13.9. The van der Waals surface area contributed by atoms with Crippen LogP contribution < -0.4 is 9.62 Å². The summed E-state index contributed by atoms with van der Waals surface area (Å²) in [5.74, 6) is -0.874. The molecule has 38 heavy (non-hydrogen) atoms. The van der Waals surface area contributed by atoms with Crippen molar-refractivity contribution in [2.24, 2.45) is 0 Å². The Bertz CT molecular complexity index is 1370. The second-order valence-electron chi connectivity index (χ2n) is 8.39. The van der Waals surface area contributed by atoms with E-state index in [9.17, 15) is 18.0 Å². The largest absolute Gasteiger partial charge is 0.355 e. The molecule has 202 valence electrons. The van der Waals surface area contributed by atoms with Crippen molar-refractivity contribution in [2.45, 2.75) is 37.8 Å². The number of halogens is 3. The summed E-state index contributed by atoms with van der Waals surface area (Å²) < 4.78 is 29.3. The zero-order valence-electron chi connectivity index (χ0n) is 20.9. The molecule has 3 aromatic carbocycles. The third-order valence-corrected chi connectivity index (χ3v) is 8.85. The van der Waals surface area contributed by atoms with Crippen molar-refractivity contribution in [3.63, 3.8) is 0 Å². The Balaban J connectivity index is 2.05. The molecule has 0 aromatic heterocycles. The first-order chi connectivity index (χ1) is 18.1. The van der Waals surface area contributed by atoms with E-state index in [4.69, 9.17) is 23.2 Å². The SMILES string of the molecule is CCNC(=O)[C@@H](CC)N(Cc1ccc(Cl)c(Cl)c1)C(=O)CN(c1ccc(Br)cc1)S(=O)(=O)c1ccccc1. The van der Waals surface area contributed by atoms with Gasteiger partial charge in [0.2, 0.25) is 11.8 Å². The second-order valence-corrected chi connectivity index (χ2v) is 12.0. The van der Waals surface area contributed by atoms with Crippen LogP contribution in [-0.4, -0.2) is 44.3 Å². The van der Waals surface area contributed by atoms with Crippen molar-refractivity contribution in [2.75, 3.05) is 17.4 Å². The molecule has 0 aliphatic carbocycles. The molecule has 0 fully saturated rings. The highest BCUT2D eigenvalue weighted by Crippen LogP contribution is 2.27. The Kier molecular flexibility index (Phi) is 10.6. The van der Waals surface area contributed by atoms with Crippen LogP contribution in [0.5, 0.6) is 0 Å². The number of hydrogen-bond acceptors (Lipinski definition) is 4. The number of sulfonamides is 1. The van der Waals surface area contributed by atoms with E-state index in [1.54, 1.807) is 74.5 Å². The number of nitrogens with zero attached hydrogens (tertiary/aromatic N) is 2. The average Bonchev–Trinajstić information content (AvgIpc) is 2.90. The minimum atomic E-state index is -4.11. The van der Waals surface area contributed by atoms with Crippen LogP contribution in [-0.2, 0) is 26.2 Å². The molecular formula is C27H28BrCl2N3O4S. The number of amides is 2. The molecule has 1 N–H and O–H groups in total. The first kappa shape index (κ1) is 30.0. The van der Waals surface area contributed by atoms with Gasteiger partial charge in [-0.05, 0) is 67.4 Å². The van der Waals surface area contributed by atoms with E-state index in [1.807, 2.05) is 0 Å². The Morgan fingerprint density at radius 3 is 2.18 bits per heavy atom. The molecular weight excluding hydrogens is 613 g/mol. The van der Waals surface area contributed by atoms with Gasteiger partial charge in [-0.25, -0.2) is 8.42 Å². The second kappa shape index (κ2) is 13.5. The van der Waals surface area contributed by atoms with Gasteiger partial charge in [0, 0.05) is 17.6 Å². The van der Waals surface area contributed by atoms with Crippen LogP contribution in [0.25, 0.3) is 0 Å². The molecule has 0 bridgehead atoms. The van der Waals surface area contributed by atoms with Crippen LogP contribution in [0.1, 0.15) is 25.8 Å². The highest BCUT2D eigenvalue weighted by Gasteiger charge is 2.33. The maximum Gasteiger partial charge on any atom is 0.264 e. The monoisotopic (exact) mass is 639 g/mol. The van der Waals surface area contributed by atoms with Crippen LogP contribution >= 0.6 is 39.1 Å². The highest BCUT2D eigenvalue weighted by molar-refractivity contribution is 9.10. The molecule has 0 saturated carbocycles. The number of benzene rings is 3. The molecule has 2 amide bonds. The molecule has 11 heteroatoms. The van der Waals surface area contributed by atoms with Crippen LogP contribution in [0, 0.1) is 0 Å². The van der Waals surface area contributed by atoms with Gasteiger partial charge in [-0.15, -0.1) is 0 Å². The summed E-state index contributed by atoms with van der Waals surface area (Å²) in [6.07, 6.45) is 0.322. The van der Waals surface area contributed by atoms with Crippen molar-refractivity contribution >= 4 is 66.7 Å². The number of nitrogens with one attached hydrogen (secondary N) is 1. The summed E-state index contributed by atoms with van der Waals surface area (Å²) in [7, 11) is -4.11. The fourth-order valence-electron chi connectivity index (χ4n) is 3.90. The zero-order chi connectivity index (χ0) is 27.9. The predicted octanol–water partition coefficient (Wildman–Crippen LogP) is 5.89. The first-order valence-electron chi connectivity index (χ1n) is 11.9. The number of rotatable bonds is 11. The van der Waals surface area contributed by atoms with Gasteiger partial charge in [-0.2, -0.15) is 0 Å². The minimum Gasteiger partial charge on any atom is -0.355 e. The Hall–Kier alpha value is -2.59. The lowest BCUT2D eigenvalue weighted by Gasteiger charge is -2.33. The fourth-order valence-corrected chi connectivity index (χ4v) is 5.92. The van der Waals surface area contributed by atoms with Crippen LogP contribution in [0.3, 0.4) is 0 Å². The molecule has 0 aliphatic rings. The number of anilines is 1. The molecule has 7 nitrogen and oxygen atoms in total. The van der Waals surface area contributed by atoms with E-state index in [0.717, 1.165) is 8.78 Å². The molecule has 3 aromatic rings. The van der Waals surface area contributed by atoms with Crippen molar-refractivity contribution in [3.8, 4) is 0 Å². The molecule has 0 unspecified atom stereocenters. The quantitative estimate of drug-likeness (QED) is 0.283. The van der Waals surface area contributed by atoms with Gasteiger partial charge in [0.15, 0.2) is 0 Å². The molecule has 0 aliphatic heterocycles. The topological polar surface area (TPSA) is 86.8 Å². The van der Waals surface area contributed by atoms with Crippen molar-refractivity contribution < 1.29 is 18.0 Å². The van der Waals surface area contributed by atoms with Crippen molar-refractivity contribution in [3.05, 3.63) is 92.9 Å². The zero-order valence-corrected chi connectivity index (χ0v) is 24.8. The third kappa shape index (κ3) is 7.28. The summed E-state index contributed by atoms with van der Waals surface area (Å²) in [4.78, 5) is 28.3. The fraction of sp³-hybridized carbons (Fsp3) is 0.259. The van der Waals surface area contributed by atoms with Gasteiger partial charge in [0.05, 0.1) is 20.6 Å². The van der Waals surface area contributed by atoms with Crippen LogP contribution in [0.15, 0.2) is 82.2 Å². The highest BCUT2D eigenvalue weighted by atomic mass is 79.9. The molecule has 0 spiro atoms. The molecule has 1 atom stereocenters. The number of likely N-dealkylation sites (N-methyl/N-ethyl adjacent to an activating group) is 1. The minimum absolute atomic E-state index is 0.0327. The van der Waals surface area contributed by atoms with Gasteiger partial charge < -0.3 is 10.2 Å². The van der Waals surface area contributed by atoms with Crippen molar-refractivity contribution in [1.29, 1.82) is 0 Å². The van der Waals surface area contributed by atoms with E-state index in [2.05, 4.69) is 21.2 Å². The number of hydrogen-bond donors (Lipinski definition) is 1. The molecule has 0 radical (unpaired) electrons. The lowest BCUT2D eigenvalue weighted by atomic mass is 10.1. The summed E-state index contributed by atoms with van der Waals surface area (Å²) in [5.41, 5.74) is 0.961. The molecule has 0 heterocycles. The van der Waals surface area contributed by atoms with Gasteiger partial charge in [-0.1, -0.05) is 70.3 Å². The lowest BCUT2D eigenvalue weighted by Crippen LogP contribution is -2.52. The van der Waals surface area contributed by atoms with Crippen LogP contribution in [0.4, 0.5) is 5.69 Å². The van der Waals surface area contributed by atoms with Crippen LogP contribution in [0.2, 0.25) is 10.0 Å². The van der Waals surface area contributed by atoms with E-state index in [-0.39, 0.29) is 17.3 Å². The Morgan fingerprint density at radius 1 is 0.947 bits per heavy atom. The smallest absolute Gasteiger partial charge is 0.264 e. The maximum atomic E-state index is 13.9. The number of carbonyl (C=O) groups excluding carboxylic acids is 2. The van der Waals surface area contributed by atoms with E-state index >= 15 is 0 Å². The summed E-state index contributed by atoms with van der Waals surface area (Å²) in [6.45, 7) is 3.48. The van der Waals surface area contributed by atoms with Gasteiger partial charge in [0.1, 0.15) is 12.6 Å². The Morgan fingerprint density at radius 2 is 1.61 bits per heavy atom. The predicted molar refractivity (Wildman–Crippen MR) is 155 cm³/mol. The van der Waals surface area contributed by atoms with Gasteiger partial charge in [0.25, 0.3) is 10.0 Å². The van der Waals surface area contributed by atoms with Gasteiger partial charge >= 0.3 is 0 Å². The average molecular weight is 641 g/mol. The first-order valence-corrected chi connectivity index (χ1v) is 14.9. The van der Waals surface area contributed by atoms with Gasteiger partial charge in [-0.3, -0.25) is 13.9 Å².